The molecule has 1 saturated heterocycles. The van der Waals surface area contributed by atoms with Crippen LogP contribution < -0.4 is 4.72 Å². The Morgan fingerprint density at radius 3 is 2.41 bits per heavy atom. The van der Waals surface area contributed by atoms with Crippen LogP contribution in [-0.2, 0) is 20.0 Å². The Bertz CT molecular complexity index is 1020. The lowest BCUT2D eigenvalue weighted by atomic mass is 10.1. The van der Waals surface area contributed by atoms with E-state index in [1.54, 1.807) is 18.2 Å². The van der Waals surface area contributed by atoms with E-state index in [0.29, 0.717) is 18.5 Å². The smallest absolute Gasteiger partial charge is 0.211 e. The Morgan fingerprint density at radius 1 is 1.04 bits per heavy atom. The molecule has 1 heterocycles. The van der Waals surface area contributed by atoms with Crippen molar-refractivity contribution in [3.05, 3.63) is 66.6 Å². The number of hydrogen-bond donors (Lipinski definition) is 1. The van der Waals surface area contributed by atoms with Crippen molar-refractivity contribution in [1.29, 1.82) is 0 Å². The second-order valence-electron chi connectivity index (χ2n) is 6.44. The van der Waals surface area contributed by atoms with E-state index in [1.165, 1.54) is 4.31 Å². The molecular formula is C19H22N2O4S2. The molecule has 1 atom stereocenters. The predicted octanol–water partition coefficient (Wildman–Crippen LogP) is 2.43. The number of nitrogens with zero attached hydrogens (tertiary/aromatic N) is 1. The second-order valence-corrected chi connectivity index (χ2v) is 10.1. The SMILES string of the molecule is C=CS(=O)(=O)NC[C@H]1CCN(S(=O)(=O)c2ccccc2-c2ccccc2)C1. The maximum absolute atomic E-state index is 13.2. The van der Waals surface area contributed by atoms with Gasteiger partial charge in [-0.2, -0.15) is 4.31 Å². The van der Waals surface area contributed by atoms with Crippen LogP contribution in [0.3, 0.4) is 0 Å². The van der Waals surface area contributed by atoms with E-state index in [2.05, 4.69) is 11.3 Å². The average molecular weight is 407 g/mol. The molecule has 3 rings (SSSR count). The zero-order valence-corrected chi connectivity index (χ0v) is 16.4. The monoisotopic (exact) mass is 406 g/mol. The van der Waals surface area contributed by atoms with Crippen molar-refractivity contribution < 1.29 is 16.8 Å². The molecule has 2 aromatic carbocycles. The molecule has 1 N–H and O–H groups in total. The normalized spacial score (nSPS) is 18.4. The summed E-state index contributed by atoms with van der Waals surface area (Å²) in [5.41, 5.74) is 1.50. The molecule has 0 aliphatic carbocycles. The first-order valence-corrected chi connectivity index (χ1v) is 11.6. The first-order valence-electron chi connectivity index (χ1n) is 8.60. The molecule has 2 aromatic rings. The Morgan fingerprint density at radius 2 is 1.70 bits per heavy atom. The van der Waals surface area contributed by atoms with Gasteiger partial charge in [0.05, 0.1) is 4.90 Å². The summed E-state index contributed by atoms with van der Waals surface area (Å²) in [5.74, 6) is -0.0709. The number of nitrogens with one attached hydrogen (secondary N) is 1. The highest BCUT2D eigenvalue weighted by Gasteiger charge is 2.34. The molecule has 0 aromatic heterocycles. The van der Waals surface area contributed by atoms with Gasteiger partial charge in [-0.15, -0.1) is 0 Å². The Balaban J connectivity index is 1.81. The van der Waals surface area contributed by atoms with E-state index >= 15 is 0 Å². The summed E-state index contributed by atoms with van der Waals surface area (Å²) in [6.45, 7) is 4.10. The van der Waals surface area contributed by atoms with Crippen molar-refractivity contribution in [2.24, 2.45) is 5.92 Å². The van der Waals surface area contributed by atoms with E-state index in [1.807, 2.05) is 36.4 Å². The van der Waals surface area contributed by atoms with E-state index in [9.17, 15) is 16.8 Å². The minimum Gasteiger partial charge on any atom is -0.211 e. The lowest BCUT2D eigenvalue weighted by Crippen LogP contribution is -2.32. The van der Waals surface area contributed by atoms with Gasteiger partial charge in [0.1, 0.15) is 0 Å². The summed E-state index contributed by atoms with van der Waals surface area (Å²) in [7, 11) is -7.18. The molecule has 6 nitrogen and oxygen atoms in total. The van der Waals surface area contributed by atoms with Gasteiger partial charge in [-0.25, -0.2) is 21.6 Å². The van der Waals surface area contributed by atoms with Gasteiger partial charge in [-0.1, -0.05) is 55.1 Å². The second kappa shape index (κ2) is 7.93. The molecule has 0 amide bonds. The van der Waals surface area contributed by atoms with Crippen LogP contribution >= 0.6 is 0 Å². The average Bonchev–Trinajstić information content (AvgIpc) is 3.17. The van der Waals surface area contributed by atoms with Gasteiger partial charge in [0.15, 0.2) is 0 Å². The third-order valence-electron chi connectivity index (χ3n) is 4.63. The molecule has 0 radical (unpaired) electrons. The molecule has 144 valence electrons. The van der Waals surface area contributed by atoms with Crippen LogP contribution in [0.15, 0.2) is 71.5 Å². The van der Waals surface area contributed by atoms with Gasteiger partial charge in [0.2, 0.25) is 20.0 Å². The van der Waals surface area contributed by atoms with Crippen LogP contribution in [-0.4, -0.2) is 40.8 Å². The number of hydrogen-bond acceptors (Lipinski definition) is 4. The van der Waals surface area contributed by atoms with Crippen LogP contribution in [0.2, 0.25) is 0 Å². The van der Waals surface area contributed by atoms with E-state index < -0.39 is 20.0 Å². The summed E-state index contributed by atoms with van der Waals surface area (Å²) < 4.78 is 53.3. The molecule has 8 heteroatoms. The summed E-state index contributed by atoms with van der Waals surface area (Å²) >= 11 is 0. The minimum atomic E-state index is -3.67. The van der Waals surface area contributed by atoms with Crippen molar-refractivity contribution in [2.45, 2.75) is 11.3 Å². The van der Waals surface area contributed by atoms with Gasteiger partial charge >= 0.3 is 0 Å². The van der Waals surface area contributed by atoms with Gasteiger partial charge in [-0.3, -0.25) is 0 Å². The number of benzene rings is 2. The first kappa shape index (κ1) is 19.8. The first-order chi connectivity index (χ1) is 12.8. The van der Waals surface area contributed by atoms with Crippen molar-refractivity contribution in [2.75, 3.05) is 19.6 Å². The van der Waals surface area contributed by atoms with Crippen LogP contribution in [0.25, 0.3) is 11.1 Å². The molecule has 1 aliphatic heterocycles. The lowest BCUT2D eigenvalue weighted by Gasteiger charge is -2.19. The molecule has 27 heavy (non-hydrogen) atoms. The molecule has 0 unspecified atom stereocenters. The predicted molar refractivity (Wildman–Crippen MR) is 106 cm³/mol. The third-order valence-corrected chi connectivity index (χ3v) is 7.56. The highest BCUT2D eigenvalue weighted by molar-refractivity contribution is 7.92. The van der Waals surface area contributed by atoms with Crippen molar-refractivity contribution in [1.82, 2.24) is 9.03 Å². The molecule has 0 saturated carbocycles. The Hall–Kier alpha value is -2.00. The van der Waals surface area contributed by atoms with Crippen LogP contribution in [0.4, 0.5) is 0 Å². The maximum atomic E-state index is 13.2. The van der Waals surface area contributed by atoms with Gasteiger partial charge < -0.3 is 0 Å². The standard InChI is InChI=1S/C19H22N2O4S2/c1-2-26(22,23)20-14-16-12-13-21(15-16)27(24,25)19-11-7-6-10-18(19)17-8-4-3-5-9-17/h2-11,16,20H,1,12-15H2/t16-/m1/s1. The summed E-state index contributed by atoms with van der Waals surface area (Å²) in [6, 6.07) is 16.3. The van der Waals surface area contributed by atoms with Gasteiger partial charge in [-0.05, 0) is 24.0 Å². The van der Waals surface area contributed by atoms with Crippen LogP contribution in [0, 0.1) is 5.92 Å². The maximum Gasteiger partial charge on any atom is 0.243 e. The lowest BCUT2D eigenvalue weighted by molar-refractivity contribution is 0.455. The fraction of sp³-hybridized carbons (Fsp3) is 0.263. The van der Waals surface area contributed by atoms with Gasteiger partial charge in [0, 0.05) is 30.6 Å². The molecule has 0 spiro atoms. The van der Waals surface area contributed by atoms with Gasteiger partial charge in [0.25, 0.3) is 0 Å². The fourth-order valence-corrected chi connectivity index (χ4v) is 5.49. The number of sulfonamides is 2. The van der Waals surface area contributed by atoms with Crippen LogP contribution in [0.5, 0.6) is 0 Å². The summed E-state index contributed by atoms with van der Waals surface area (Å²) in [4.78, 5) is 0.267. The highest BCUT2D eigenvalue weighted by Crippen LogP contribution is 2.31. The Kier molecular flexibility index (Phi) is 5.81. The van der Waals surface area contributed by atoms with Crippen molar-refractivity contribution >= 4 is 20.0 Å². The number of rotatable bonds is 7. The fourth-order valence-electron chi connectivity index (χ4n) is 3.16. The van der Waals surface area contributed by atoms with E-state index in [0.717, 1.165) is 11.0 Å². The summed E-state index contributed by atoms with van der Waals surface area (Å²) in [5, 5.41) is 0.854. The highest BCUT2D eigenvalue weighted by atomic mass is 32.2. The summed E-state index contributed by atoms with van der Waals surface area (Å²) in [6.07, 6.45) is 0.604. The topological polar surface area (TPSA) is 83.6 Å². The molecule has 1 aliphatic rings. The quantitative estimate of drug-likeness (QED) is 0.765. The van der Waals surface area contributed by atoms with Crippen LogP contribution in [0.1, 0.15) is 6.42 Å². The largest absolute Gasteiger partial charge is 0.243 e. The molecule has 0 bridgehead atoms. The third kappa shape index (κ3) is 4.47. The van der Waals surface area contributed by atoms with E-state index in [-0.39, 0.29) is 23.9 Å². The van der Waals surface area contributed by atoms with E-state index in [4.69, 9.17) is 0 Å². The molecule has 1 fully saturated rings. The zero-order chi connectivity index (χ0) is 19.5. The van der Waals surface area contributed by atoms with Crippen molar-refractivity contribution in [3.63, 3.8) is 0 Å². The minimum absolute atomic E-state index is 0.0709. The molecular weight excluding hydrogens is 384 g/mol. The zero-order valence-electron chi connectivity index (χ0n) is 14.8. The Labute approximate surface area is 160 Å². The van der Waals surface area contributed by atoms with Crippen molar-refractivity contribution in [3.8, 4) is 11.1 Å².